The zero-order valence-corrected chi connectivity index (χ0v) is 12.2. The lowest BCUT2D eigenvalue weighted by atomic mass is 9.83. The Balaban J connectivity index is 1.46. The first kappa shape index (κ1) is 13.0. The summed E-state index contributed by atoms with van der Waals surface area (Å²) in [6.07, 6.45) is 6.62. The van der Waals surface area contributed by atoms with Crippen LogP contribution in [-0.4, -0.2) is 22.7 Å². The van der Waals surface area contributed by atoms with Crippen molar-refractivity contribution in [3.05, 3.63) is 47.1 Å². The smallest absolute Gasteiger partial charge is 0.228 e. The predicted octanol–water partition coefficient (Wildman–Crippen LogP) is 2.64. The number of aromatic nitrogens is 2. The molecule has 2 aliphatic rings. The Hall–Kier alpha value is -1.68. The molecule has 1 N–H and O–H groups in total. The Labute approximate surface area is 124 Å². The third kappa shape index (κ3) is 2.72. The quantitative estimate of drug-likeness (QED) is 0.941. The lowest BCUT2D eigenvalue weighted by Gasteiger charge is -2.21. The highest BCUT2D eigenvalue weighted by molar-refractivity contribution is 5.31. The predicted molar refractivity (Wildman–Crippen MR) is 80.2 cm³/mol. The fourth-order valence-corrected chi connectivity index (χ4v) is 3.58. The van der Waals surface area contributed by atoms with Crippen LogP contribution in [0.1, 0.15) is 48.0 Å². The maximum absolute atomic E-state index is 5.47. The van der Waals surface area contributed by atoms with E-state index >= 15 is 0 Å². The summed E-state index contributed by atoms with van der Waals surface area (Å²) in [5, 5.41) is 7.72. The van der Waals surface area contributed by atoms with Crippen LogP contribution in [0.4, 0.5) is 0 Å². The first-order chi connectivity index (χ1) is 10.4. The molecule has 0 amide bonds. The molecule has 2 atom stereocenters. The van der Waals surface area contributed by atoms with Gasteiger partial charge in [-0.3, -0.25) is 0 Å². The SMILES string of the molecule is c1ccc2c(c1)CCC(c1noc(CC3CCCN3)n1)C2. The molecule has 1 aromatic heterocycles. The van der Waals surface area contributed by atoms with Crippen molar-refractivity contribution in [1.82, 2.24) is 15.5 Å². The van der Waals surface area contributed by atoms with Crippen molar-refractivity contribution in [3.8, 4) is 0 Å². The van der Waals surface area contributed by atoms with Gasteiger partial charge in [0.05, 0.1) is 0 Å². The third-order valence-electron chi connectivity index (χ3n) is 4.78. The second-order valence-corrected chi connectivity index (χ2v) is 6.25. The molecule has 0 radical (unpaired) electrons. The second kappa shape index (κ2) is 5.60. The number of nitrogens with zero attached hydrogens (tertiary/aromatic N) is 2. The minimum absolute atomic E-state index is 0.411. The van der Waals surface area contributed by atoms with Gasteiger partial charge < -0.3 is 9.84 Å². The number of hydrogen-bond donors (Lipinski definition) is 1. The van der Waals surface area contributed by atoms with Gasteiger partial charge >= 0.3 is 0 Å². The van der Waals surface area contributed by atoms with E-state index < -0.39 is 0 Å². The zero-order valence-electron chi connectivity index (χ0n) is 12.2. The average molecular weight is 283 g/mol. The van der Waals surface area contributed by atoms with Gasteiger partial charge in [-0.2, -0.15) is 4.98 Å². The van der Waals surface area contributed by atoms with Crippen LogP contribution in [0.25, 0.3) is 0 Å². The molecule has 2 aromatic rings. The van der Waals surface area contributed by atoms with Crippen LogP contribution in [0, 0.1) is 0 Å². The standard InChI is InChI=1S/C17H21N3O/c1-2-5-13-10-14(8-7-12(13)4-1)17-19-16(21-20-17)11-15-6-3-9-18-15/h1-2,4-5,14-15,18H,3,6-11H2. The molecule has 1 aromatic carbocycles. The van der Waals surface area contributed by atoms with E-state index in [4.69, 9.17) is 4.52 Å². The molecule has 4 nitrogen and oxygen atoms in total. The Kier molecular flexibility index (Phi) is 3.47. The van der Waals surface area contributed by atoms with Gasteiger partial charge in [0.1, 0.15) is 0 Å². The number of fused-ring (bicyclic) bond motifs is 1. The summed E-state index contributed by atoms with van der Waals surface area (Å²) in [4.78, 5) is 4.65. The highest BCUT2D eigenvalue weighted by atomic mass is 16.5. The van der Waals surface area contributed by atoms with Crippen LogP contribution < -0.4 is 5.32 Å². The molecule has 4 rings (SSSR count). The van der Waals surface area contributed by atoms with Crippen molar-refractivity contribution in [1.29, 1.82) is 0 Å². The molecule has 1 fully saturated rings. The molecule has 0 spiro atoms. The summed E-state index contributed by atoms with van der Waals surface area (Å²) in [6.45, 7) is 1.12. The van der Waals surface area contributed by atoms with Crippen molar-refractivity contribution < 1.29 is 4.52 Å². The normalized spacial score (nSPS) is 25.0. The minimum atomic E-state index is 0.411. The summed E-state index contributed by atoms with van der Waals surface area (Å²) >= 11 is 0. The van der Waals surface area contributed by atoms with E-state index in [0.717, 1.165) is 43.9 Å². The Morgan fingerprint density at radius 1 is 1.19 bits per heavy atom. The maximum Gasteiger partial charge on any atom is 0.228 e. The van der Waals surface area contributed by atoms with Gasteiger partial charge in [-0.25, -0.2) is 0 Å². The molecule has 1 saturated heterocycles. The van der Waals surface area contributed by atoms with E-state index in [2.05, 4.69) is 39.7 Å². The fraction of sp³-hybridized carbons (Fsp3) is 0.529. The number of benzene rings is 1. The van der Waals surface area contributed by atoms with Gasteiger partial charge in [0.25, 0.3) is 0 Å². The molecule has 2 heterocycles. The molecule has 1 aliphatic heterocycles. The van der Waals surface area contributed by atoms with Crippen LogP contribution in [0.3, 0.4) is 0 Å². The maximum atomic E-state index is 5.47. The van der Waals surface area contributed by atoms with E-state index in [9.17, 15) is 0 Å². The van der Waals surface area contributed by atoms with Crippen LogP contribution >= 0.6 is 0 Å². The van der Waals surface area contributed by atoms with Gasteiger partial charge in [0.15, 0.2) is 5.82 Å². The highest BCUT2D eigenvalue weighted by Crippen LogP contribution is 2.31. The van der Waals surface area contributed by atoms with E-state index in [1.807, 2.05) is 0 Å². The Morgan fingerprint density at radius 3 is 2.95 bits per heavy atom. The summed E-state index contributed by atoms with van der Waals surface area (Å²) in [5.74, 6) is 2.11. The summed E-state index contributed by atoms with van der Waals surface area (Å²) in [5.41, 5.74) is 2.92. The van der Waals surface area contributed by atoms with Crippen LogP contribution in [-0.2, 0) is 19.3 Å². The number of rotatable bonds is 3. The second-order valence-electron chi connectivity index (χ2n) is 6.25. The van der Waals surface area contributed by atoms with Crippen molar-refractivity contribution in [2.45, 2.75) is 50.5 Å². The summed E-state index contributed by atoms with van der Waals surface area (Å²) in [7, 11) is 0. The summed E-state index contributed by atoms with van der Waals surface area (Å²) < 4.78 is 5.47. The van der Waals surface area contributed by atoms with Crippen molar-refractivity contribution in [3.63, 3.8) is 0 Å². The molecule has 1 aliphatic carbocycles. The third-order valence-corrected chi connectivity index (χ3v) is 4.78. The van der Waals surface area contributed by atoms with Gasteiger partial charge in [-0.15, -0.1) is 0 Å². The van der Waals surface area contributed by atoms with Crippen LogP contribution in [0.2, 0.25) is 0 Å². The minimum Gasteiger partial charge on any atom is -0.339 e. The number of hydrogen-bond acceptors (Lipinski definition) is 4. The van der Waals surface area contributed by atoms with Gasteiger partial charge in [-0.05, 0) is 49.8 Å². The van der Waals surface area contributed by atoms with E-state index in [0.29, 0.717) is 12.0 Å². The van der Waals surface area contributed by atoms with E-state index in [1.54, 1.807) is 0 Å². The van der Waals surface area contributed by atoms with Crippen molar-refractivity contribution in [2.24, 2.45) is 0 Å². The van der Waals surface area contributed by atoms with Crippen molar-refractivity contribution in [2.75, 3.05) is 6.54 Å². The van der Waals surface area contributed by atoms with E-state index in [-0.39, 0.29) is 0 Å². The molecular weight excluding hydrogens is 262 g/mol. The molecule has 21 heavy (non-hydrogen) atoms. The lowest BCUT2D eigenvalue weighted by Crippen LogP contribution is -2.23. The lowest BCUT2D eigenvalue weighted by molar-refractivity contribution is 0.355. The van der Waals surface area contributed by atoms with Crippen LogP contribution in [0.15, 0.2) is 28.8 Å². The number of aryl methyl sites for hydroxylation is 1. The largest absolute Gasteiger partial charge is 0.339 e. The highest BCUT2D eigenvalue weighted by Gasteiger charge is 2.25. The molecule has 0 saturated carbocycles. The molecule has 110 valence electrons. The number of nitrogens with one attached hydrogen (secondary N) is 1. The first-order valence-electron chi connectivity index (χ1n) is 8.01. The van der Waals surface area contributed by atoms with Gasteiger partial charge in [0.2, 0.25) is 5.89 Å². The van der Waals surface area contributed by atoms with Crippen molar-refractivity contribution >= 4 is 0 Å². The molecule has 4 heteroatoms. The average Bonchev–Trinajstić information content (AvgIpc) is 3.19. The van der Waals surface area contributed by atoms with E-state index in [1.165, 1.54) is 24.0 Å². The van der Waals surface area contributed by atoms with Gasteiger partial charge in [-0.1, -0.05) is 29.4 Å². The molecule has 2 unspecified atom stereocenters. The zero-order chi connectivity index (χ0) is 14.1. The monoisotopic (exact) mass is 283 g/mol. The van der Waals surface area contributed by atoms with Crippen LogP contribution in [0.5, 0.6) is 0 Å². The Morgan fingerprint density at radius 2 is 2.10 bits per heavy atom. The topological polar surface area (TPSA) is 51.0 Å². The summed E-state index contributed by atoms with van der Waals surface area (Å²) in [6, 6.07) is 9.23. The first-order valence-corrected chi connectivity index (χ1v) is 8.01. The molecular formula is C17H21N3O. The van der Waals surface area contributed by atoms with Gasteiger partial charge in [0, 0.05) is 18.4 Å². The fourth-order valence-electron chi connectivity index (χ4n) is 3.58. The molecule has 0 bridgehead atoms. The Bertz CT molecular complexity index is 616.